The zero-order valence-electron chi connectivity index (χ0n) is 12.0. The molecule has 1 saturated heterocycles. The molecule has 0 unspecified atom stereocenters. The van der Waals surface area contributed by atoms with E-state index in [1.165, 1.54) is 5.56 Å². The molecule has 1 fully saturated rings. The maximum atomic E-state index is 4.66. The molecule has 0 bridgehead atoms. The Kier molecular flexibility index (Phi) is 5.01. The minimum Gasteiger partial charge on any atom is -0.314 e. The molecule has 1 N–H and O–H groups in total. The maximum absolute atomic E-state index is 4.66. The van der Waals surface area contributed by atoms with Crippen LogP contribution in [0.1, 0.15) is 5.01 Å². The predicted molar refractivity (Wildman–Crippen MR) is 88.3 cm³/mol. The van der Waals surface area contributed by atoms with Gasteiger partial charge in [-0.05, 0) is 0 Å². The van der Waals surface area contributed by atoms with Crippen LogP contribution in [0.15, 0.2) is 35.7 Å². The molecule has 3 rings (SSSR count). The van der Waals surface area contributed by atoms with Crippen LogP contribution in [0.5, 0.6) is 0 Å². The fourth-order valence-corrected chi connectivity index (χ4v) is 3.05. The molecular weight excluding hydrogens is 278 g/mol. The molecule has 1 aromatic heterocycles. The average Bonchev–Trinajstić information content (AvgIpc) is 3.02. The van der Waals surface area contributed by atoms with Crippen molar-refractivity contribution in [2.45, 2.75) is 6.42 Å². The first kappa shape index (κ1) is 14.3. The van der Waals surface area contributed by atoms with Crippen LogP contribution in [0.4, 0.5) is 0 Å². The summed E-state index contributed by atoms with van der Waals surface area (Å²) in [4.78, 5) is 7.05. The number of benzene rings is 1. The first-order valence-corrected chi connectivity index (χ1v) is 8.18. The van der Waals surface area contributed by atoms with Crippen molar-refractivity contribution in [1.82, 2.24) is 15.2 Å². The van der Waals surface area contributed by atoms with Crippen molar-refractivity contribution in [2.75, 3.05) is 32.7 Å². The summed E-state index contributed by atoms with van der Waals surface area (Å²) in [6.45, 7) is 5.23. The lowest BCUT2D eigenvalue weighted by molar-refractivity contribution is 0.268. The second-order valence-corrected chi connectivity index (χ2v) is 5.99. The third-order valence-corrected chi connectivity index (χ3v) is 4.35. The SMILES string of the molecule is C(#CCN1CCNCC1)Cc1nc(-c2ccccc2)cs1. The predicted octanol–water partition coefficient (Wildman–Crippen LogP) is 2.26. The van der Waals surface area contributed by atoms with Crippen LogP contribution in [-0.2, 0) is 6.42 Å². The molecule has 0 saturated carbocycles. The van der Waals surface area contributed by atoms with Crippen molar-refractivity contribution >= 4 is 11.3 Å². The van der Waals surface area contributed by atoms with E-state index in [2.05, 4.69) is 44.6 Å². The number of hydrogen-bond donors (Lipinski definition) is 1. The highest BCUT2D eigenvalue weighted by molar-refractivity contribution is 7.10. The van der Waals surface area contributed by atoms with Crippen LogP contribution in [0, 0.1) is 11.8 Å². The highest BCUT2D eigenvalue weighted by Gasteiger charge is 2.06. The van der Waals surface area contributed by atoms with Gasteiger partial charge in [0.15, 0.2) is 0 Å². The van der Waals surface area contributed by atoms with Gasteiger partial charge < -0.3 is 5.32 Å². The van der Waals surface area contributed by atoms with E-state index in [-0.39, 0.29) is 0 Å². The molecule has 0 atom stereocenters. The molecule has 0 radical (unpaired) electrons. The number of hydrogen-bond acceptors (Lipinski definition) is 4. The second kappa shape index (κ2) is 7.37. The minimum atomic E-state index is 0.754. The van der Waals surface area contributed by atoms with Crippen LogP contribution < -0.4 is 5.32 Å². The van der Waals surface area contributed by atoms with Gasteiger partial charge in [-0.25, -0.2) is 4.98 Å². The normalized spacial score (nSPS) is 15.4. The smallest absolute Gasteiger partial charge is 0.105 e. The zero-order valence-corrected chi connectivity index (χ0v) is 12.8. The molecule has 2 aromatic rings. The summed E-state index contributed by atoms with van der Waals surface area (Å²) in [5.41, 5.74) is 2.23. The van der Waals surface area contributed by atoms with E-state index in [9.17, 15) is 0 Å². The quantitative estimate of drug-likeness (QED) is 0.881. The second-order valence-electron chi connectivity index (χ2n) is 5.05. The summed E-state index contributed by atoms with van der Waals surface area (Å²) in [6, 6.07) is 10.3. The lowest BCUT2D eigenvalue weighted by atomic mass is 10.2. The first-order chi connectivity index (χ1) is 10.4. The standard InChI is InChI=1S/C17H19N3S/c1-2-6-15(7-3-1)16-14-21-17(19-16)8-4-5-11-20-12-9-18-10-13-20/h1-3,6-7,14,18H,8-13H2. The van der Waals surface area contributed by atoms with Crippen LogP contribution >= 0.6 is 11.3 Å². The molecule has 0 aliphatic carbocycles. The Balaban J connectivity index is 1.53. The van der Waals surface area contributed by atoms with Gasteiger partial charge in [-0.2, -0.15) is 0 Å². The summed E-state index contributed by atoms with van der Waals surface area (Å²) >= 11 is 1.69. The number of rotatable bonds is 3. The lowest BCUT2D eigenvalue weighted by Gasteiger charge is -2.24. The van der Waals surface area contributed by atoms with Gasteiger partial charge in [0.25, 0.3) is 0 Å². The molecule has 1 aliphatic rings. The zero-order chi connectivity index (χ0) is 14.3. The van der Waals surface area contributed by atoms with E-state index in [1.54, 1.807) is 11.3 Å². The molecule has 21 heavy (non-hydrogen) atoms. The van der Waals surface area contributed by atoms with Gasteiger partial charge >= 0.3 is 0 Å². The van der Waals surface area contributed by atoms with E-state index in [0.29, 0.717) is 0 Å². The van der Waals surface area contributed by atoms with Gasteiger partial charge in [0.05, 0.1) is 18.7 Å². The summed E-state index contributed by atoms with van der Waals surface area (Å²) < 4.78 is 0. The average molecular weight is 297 g/mol. The van der Waals surface area contributed by atoms with Crippen molar-refractivity contribution in [3.8, 4) is 23.1 Å². The molecule has 108 valence electrons. The van der Waals surface area contributed by atoms with Crippen molar-refractivity contribution < 1.29 is 0 Å². The number of nitrogens with one attached hydrogen (secondary N) is 1. The van der Waals surface area contributed by atoms with Crippen molar-refractivity contribution in [3.63, 3.8) is 0 Å². The van der Waals surface area contributed by atoms with Gasteiger partial charge in [0.2, 0.25) is 0 Å². The highest BCUT2D eigenvalue weighted by Crippen LogP contribution is 2.21. The van der Waals surface area contributed by atoms with E-state index in [0.717, 1.165) is 49.8 Å². The largest absolute Gasteiger partial charge is 0.314 e. The van der Waals surface area contributed by atoms with Crippen molar-refractivity contribution in [2.24, 2.45) is 0 Å². The van der Waals surface area contributed by atoms with Crippen LogP contribution in [0.2, 0.25) is 0 Å². The van der Waals surface area contributed by atoms with E-state index >= 15 is 0 Å². The lowest BCUT2D eigenvalue weighted by Crippen LogP contribution is -2.43. The van der Waals surface area contributed by atoms with Gasteiger partial charge in [-0.15, -0.1) is 11.3 Å². The minimum absolute atomic E-state index is 0.754. The fraction of sp³-hybridized carbons (Fsp3) is 0.353. The molecule has 3 nitrogen and oxygen atoms in total. The Labute approximate surface area is 130 Å². The third kappa shape index (κ3) is 4.15. The van der Waals surface area contributed by atoms with Crippen molar-refractivity contribution in [3.05, 3.63) is 40.7 Å². The number of thiazole rings is 1. The van der Waals surface area contributed by atoms with Gasteiger partial charge in [0, 0.05) is 37.1 Å². The summed E-state index contributed by atoms with van der Waals surface area (Å²) in [5.74, 6) is 6.52. The maximum Gasteiger partial charge on any atom is 0.105 e. The summed E-state index contributed by atoms with van der Waals surface area (Å²) in [7, 11) is 0. The van der Waals surface area contributed by atoms with Gasteiger partial charge in [0.1, 0.15) is 5.01 Å². The highest BCUT2D eigenvalue weighted by atomic mass is 32.1. The van der Waals surface area contributed by atoms with Crippen LogP contribution in [0.3, 0.4) is 0 Å². The summed E-state index contributed by atoms with van der Waals surface area (Å²) in [6.07, 6.45) is 0.754. The van der Waals surface area contributed by atoms with E-state index < -0.39 is 0 Å². The molecule has 2 heterocycles. The van der Waals surface area contributed by atoms with Crippen LogP contribution in [0.25, 0.3) is 11.3 Å². The molecule has 1 aliphatic heterocycles. The topological polar surface area (TPSA) is 28.2 Å². The van der Waals surface area contributed by atoms with Crippen molar-refractivity contribution in [1.29, 1.82) is 0 Å². The number of aromatic nitrogens is 1. The van der Waals surface area contributed by atoms with Crippen LogP contribution in [-0.4, -0.2) is 42.6 Å². The molecule has 1 aromatic carbocycles. The Morgan fingerprint density at radius 1 is 1.14 bits per heavy atom. The summed E-state index contributed by atoms with van der Waals surface area (Å²) in [5, 5.41) is 6.56. The molecule has 0 spiro atoms. The monoisotopic (exact) mass is 297 g/mol. The molecule has 0 amide bonds. The molecule has 4 heteroatoms. The third-order valence-electron chi connectivity index (χ3n) is 3.50. The van der Waals surface area contributed by atoms with Gasteiger partial charge in [-0.3, -0.25) is 4.90 Å². The molecular formula is C17H19N3S. The fourth-order valence-electron chi connectivity index (χ4n) is 2.31. The van der Waals surface area contributed by atoms with E-state index in [1.807, 2.05) is 18.2 Å². The Morgan fingerprint density at radius 2 is 1.95 bits per heavy atom. The number of nitrogens with zero attached hydrogens (tertiary/aromatic N) is 2. The Bertz CT molecular complexity index is 618. The first-order valence-electron chi connectivity index (χ1n) is 7.30. The number of piperazine rings is 1. The van der Waals surface area contributed by atoms with Gasteiger partial charge in [-0.1, -0.05) is 42.2 Å². The Hall–Kier alpha value is -1.67. The van der Waals surface area contributed by atoms with E-state index in [4.69, 9.17) is 0 Å². The Morgan fingerprint density at radius 3 is 2.76 bits per heavy atom.